The molecule has 0 radical (unpaired) electrons. The van der Waals surface area contributed by atoms with E-state index in [2.05, 4.69) is 54.2 Å². The average Bonchev–Trinajstić information content (AvgIpc) is 2.56. The first-order valence-electron chi connectivity index (χ1n) is 8.47. The van der Waals surface area contributed by atoms with E-state index in [4.69, 9.17) is 4.74 Å². The van der Waals surface area contributed by atoms with Gasteiger partial charge in [-0.1, -0.05) is 30.3 Å². The van der Waals surface area contributed by atoms with Gasteiger partial charge in [-0.05, 0) is 39.5 Å². The van der Waals surface area contributed by atoms with Crippen molar-refractivity contribution in [1.29, 1.82) is 0 Å². The summed E-state index contributed by atoms with van der Waals surface area (Å²) in [5, 5.41) is 0. The lowest BCUT2D eigenvalue weighted by atomic mass is 10.0. The third-order valence-corrected chi connectivity index (χ3v) is 4.32. The molecular formula is C18H29N3O2. The van der Waals surface area contributed by atoms with Gasteiger partial charge in [0.25, 0.3) is 0 Å². The van der Waals surface area contributed by atoms with Crippen LogP contribution in [0, 0.1) is 0 Å². The maximum atomic E-state index is 11.8. The molecule has 0 aliphatic carbocycles. The Morgan fingerprint density at radius 1 is 1.17 bits per heavy atom. The van der Waals surface area contributed by atoms with Crippen molar-refractivity contribution in [2.75, 3.05) is 53.4 Å². The first-order valence-corrected chi connectivity index (χ1v) is 8.47. The summed E-state index contributed by atoms with van der Waals surface area (Å²) in [5.74, 6) is 0. The van der Waals surface area contributed by atoms with Crippen molar-refractivity contribution < 1.29 is 9.53 Å². The largest absolute Gasteiger partial charge is 0.450 e. The lowest BCUT2D eigenvalue weighted by Gasteiger charge is -2.39. The Kier molecular flexibility index (Phi) is 6.86. The Balaban J connectivity index is 1.99. The molecule has 0 saturated carbocycles. The Bertz CT molecular complexity index is 470. The van der Waals surface area contributed by atoms with Crippen LogP contribution in [-0.4, -0.2) is 74.2 Å². The van der Waals surface area contributed by atoms with Gasteiger partial charge in [0.15, 0.2) is 0 Å². The maximum absolute atomic E-state index is 11.8. The normalized spacial score (nSPS) is 17.3. The third kappa shape index (κ3) is 5.22. The molecule has 1 fully saturated rings. The molecule has 0 spiro atoms. The van der Waals surface area contributed by atoms with E-state index in [0.29, 0.717) is 12.6 Å². The molecule has 0 aromatic heterocycles. The van der Waals surface area contributed by atoms with Crippen LogP contribution in [-0.2, 0) is 4.74 Å². The van der Waals surface area contributed by atoms with Gasteiger partial charge >= 0.3 is 6.09 Å². The van der Waals surface area contributed by atoms with Crippen LogP contribution in [0.25, 0.3) is 0 Å². The van der Waals surface area contributed by atoms with Crippen molar-refractivity contribution in [2.45, 2.75) is 19.4 Å². The Labute approximate surface area is 139 Å². The molecule has 128 valence electrons. The molecule has 0 N–H and O–H groups in total. The molecule has 1 unspecified atom stereocenters. The highest BCUT2D eigenvalue weighted by Gasteiger charge is 2.27. The minimum Gasteiger partial charge on any atom is -0.450 e. The molecule has 1 aromatic rings. The highest BCUT2D eigenvalue weighted by atomic mass is 16.6. The number of carbonyl (C=O) groups is 1. The van der Waals surface area contributed by atoms with Crippen molar-refractivity contribution in [3.8, 4) is 0 Å². The van der Waals surface area contributed by atoms with Gasteiger partial charge in [-0.25, -0.2) is 4.79 Å². The molecular weight excluding hydrogens is 290 g/mol. The molecule has 1 aromatic carbocycles. The lowest BCUT2D eigenvalue weighted by Crippen LogP contribution is -2.50. The summed E-state index contributed by atoms with van der Waals surface area (Å²) in [6, 6.07) is 11.1. The SMILES string of the molecule is CCOC(=O)N1CCN(C(CCN(C)C)c2ccccc2)CC1. The number of hydrogen-bond acceptors (Lipinski definition) is 4. The molecule has 1 aliphatic heterocycles. The van der Waals surface area contributed by atoms with Gasteiger partial charge in [-0.15, -0.1) is 0 Å². The molecule has 2 rings (SSSR count). The van der Waals surface area contributed by atoms with E-state index < -0.39 is 0 Å². The van der Waals surface area contributed by atoms with Gasteiger partial charge in [-0.3, -0.25) is 4.90 Å². The second kappa shape index (κ2) is 8.89. The quantitative estimate of drug-likeness (QED) is 0.807. The molecule has 1 aliphatic rings. The first-order chi connectivity index (χ1) is 11.1. The summed E-state index contributed by atoms with van der Waals surface area (Å²) in [5.41, 5.74) is 1.36. The van der Waals surface area contributed by atoms with Crippen LogP contribution in [0.3, 0.4) is 0 Å². The fraction of sp³-hybridized carbons (Fsp3) is 0.611. The van der Waals surface area contributed by atoms with E-state index >= 15 is 0 Å². The Morgan fingerprint density at radius 2 is 1.83 bits per heavy atom. The van der Waals surface area contributed by atoms with E-state index in [0.717, 1.165) is 39.1 Å². The van der Waals surface area contributed by atoms with E-state index in [9.17, 15) is 4.79 Å². The first kappa shape index (κ1) is 17.8. The number of hydrogen-bond donors (Lipinski definition) is 0. The molecule has 0 bridgehead atoms. The van der Waals surface area contributed by atoms with Gasteiger partial charge in [0.05, 0.1) is 6.61 Å². The molecule has 23 heavy (non-hydrogen) atoms. The minimum atomic E-state index is -0.184. The summed E-state index contributed by atoms with van der Waals surface area (Å²) in [4.78, 5) is 18.4. The van der Waals surface area contributed by atoms with Crippen molar-refractivity contribution in [3.05, 3.63) is 35.9 Å². The second-order valence-corrected chi connectivity index (χ2v) is 6.24. The van der Waals surface area contributed by atoms with E-state index in [1.165, 1.54) is 5.56 Å². The number of ether oxygens (including phenoxy) is 1. The number of carbonyl (C=O) groups excluding carboxylic acids is 1. The summed E-state index contributed by atoms with van der Waals surface area (Å²) in [7, 11) is 4.22. The summed E-state index contributed by atoms with van der Waals surface area (Å²) < 4.78 is 5.10. The number of rotatable bonds is 6. The highest BCUT2D eigenvalue weighted by molar-refractivity contribution is 5.67. The second-order valence-electron chi connectivity index (χ2n) is 6.24. The minimum absolute atomic E-state index is 0.184. The monoisotopic (exact) mass is 319 g/mol. The van der Waals surface area contributed by atoms with Crippen LogP contribution in [0.4, 0.5) is 4.79 Å². The van der Waals surface area contributed by atoms with Crippen molar-refractivity contribution in [2.24, 2.45) is 0 Å². The van der Waals surface area contributed by atoms with Crippen LogP contribution >= 0.6 is 0 Å². The number of benzene rings is 1. The van der Waals surface area contributed by atoms with E-state index in [1.54, 1.807) is 0 Å². The van der Waals surface area contributed by atoms with Gasteiger partial charge in [0.1, 0.15) is 0 Å². The van der Waals surface area contributed by atoms with Gasteiger partial charge in [-0.2, -0.15) is 0 Å². The predicted molar refractivity (Wildman–Crippen MR) is 92.5 cm³/mol. The Hall–Kier alpha value is -1.59. The molecule has 1 saturated heterocycles. The van der Waals surface area contributed by atoms with Gasteiger partial charge < -0.3 is 14.5 Å². The van der Waals surface area contributed by atoms with Crippen LogP contribution in [0.5, 0.6) is 0 Å². The van der Waals surface area contributed by atoms with Crippen molar-refractivity contribution in [3.63, 3.8) is 0 Å². The molecule has 1 amide bonds. The smallest absolute Gasteiger partial charge is 0.409 e. The van der Waals surface area contributed by atoms with Gasteiger partial charge in [0.2, 0.25) is 0 Å². The van der Waals surface area contributed by atoms with Crippen LogP contribution < -0.4 is 0 Å². The van der Waals surface area contributed by atoms with E-state index in [-0.39, 0.29) is 6.09 Å². The zero-order valence-corrected chi connectivity index (χ0v) is 14.6. The fourth-order valence-electron chi connectivity index (χ4n) is 3.05. The Morgan fingerprint density at radius 3 is 2.39 bits per heavy atom. The molecule has 1 heterocycles. The number of nitrogens with zero attached hydrogens (tertiary/aromatic N) is 3. The van der Waals surface area contributed by atoms with Gasteiger partial charge in [0, 0.05) is 32.2 Å². The molecule has 1 atom stereocenters. The van der Waals surface area contributed by atoms with E-state index in [1.807, 2.05) is 11.8 Å². The van der Waals surface area contributed by atoms with Crippen LogP contribution in [0.1, 0.15) is 24.9 Å². The number of piperazine rings is 1. The summed E-state index contributed by atoms with van der Waals surface area (Å²) in [6.07, 6.45) is 0.910. The zero-order chi connectivity index (χ0) is 16.7. The maximum Gasteiger partial charge on any atom is 0.409 e. The summed E-state index contributed by atoms with van der Waals surface area (Å²) in [6.45, 7) is 6.61. The zero-order valence-electron chi connectivity index (χ0n) is 14.6. The highest BCUT2D eigenvalue weighted by Crippen LogP contribution is 2.25. The van der Waals surface area contributed by atoms with Crippen molar-refractivity contribution >= 4 is 6.09 Å². The predicted octanol–water partition coefficient (Wildman–Crippen LogP) is 2.45. The topological polar surface area (TPSA) is 36.0 Å². The molecule has 5 nitrogen and oxygen atoms in total. The standard InChI is InChI=1S/C18H29N3O2/c1-4-23-18(22)21-14-12-20(13-15-21)17(10-11-19(2)3)16-8-6-5-7-9-16/h5-9,17H,4,10-15H2,1-3H3. The van der Waals surface area contributed by atoms with Crippen molar-refractivity contribution in [1.82, 2.24) is 14.7 Å². The number of amides is 1. The molecule has 5 heteroatoms. The summed E-state index contributed by atoms with van der Waals surface area (Å²) >= 11 is 0. The third-order valence-electron chi connectivity index (χ3n) is 4.32. The van der Waals surface area contributed by atoms with Crippen LogP contribution in [0.2, 0.25) is 0 Å². The average molecular weight is 319 g/mol. The fourth-order valence-corrected chi connectivity index (χ4v) is 3.05. The lowest BCUT2D eigenvalue weighted by molar-refractivity contribution is 0.0627. The van der Waals surface area contributed by atoms with Crippen LogP contribution in [0.15, 0.2) is 30.3 Å².